The van der Waals surface area contributed by atoms with Crippen LogP contribution in [0.15, 0.2) is 58.4 Å². The Kier molecular flexibility index (Phi) is 6.72. The lowest BCUT2D eigenvalue weighted by Crippen LogP contribution is -2.53. The normalized spacial score (nSPS) is 17.3. The quantitative estimate of drug-likeness (QED) is 0.348. The summed E-state index contributed by atoms with van der Waals surface area (Å²) in [5, 5.41) is 6.98. The number of hydrogen-bond donors (Lipinski definition) is 0. The molecule has 34 heavy (non-hydrogen) atoms. The summed E-state index contributed by atoms with van der Waals surface area (Å²) >= 11 is 8.88. The first-order chi connectivity index (χ1) is 16.4. The molecule has 0 saturated carbocycles. The molecule has 3 aromatic heterocycles. The van der Waals surface area contributed by atoms with Crippen LogP contribution in [0.3, 0.4) is 0 Å². The van der Waals surface area contributed by atoms with Gasteiger partial charge in [-0.25, -0.2) is 13.4 Å². The number of piperidine rings is 1. The summed E-state index contributed by atoms with van der Waals surface area (Å²) in [4.78, 5) is 20.2. The van der Waals surface area contributed by atoms with E-state index >= 15 is 0 Å². The number of amides is 1. The molecule has 0 spiro atoms. The second kappa shape index (κ2) is 9.74. The molecule has 12 heteroatoms. The van der Waals surface area contributed by atoms with E-state index in [0.29, 0.717) is 41.7 Å². The Morgan fingerprint density at radius 3 is 2.82 bits per heavy atom. The Morgan fingerprint density at radius 2 is 2.09 bits per heavy atom. The third kappa shape index (κ3) is 4.50. The summed E-state index contributed by atoms with van der Waals surface area (Å²) in [6.07, 6.45) is 5.48. The fourth-order valence-electron chi connectivity index (χ4n) is 4.10. The van der Waals surface area contributed by atoms with Crippen LogP contribution in [0.1, 0.15) is 19.3 Å². The van der Waals surface area contributed by atoms with Gasteiger partial charge in [-0.3, -0.25) is 14.4 Å². The van der Waals surface area contributed by atoms with Crippen molar-refractivity contribution in [3.8, 4) is 0 Å². The molecule has 0 bridgehead atoms. The van der Waals surface area contributed by atoms with Crippen molar-refractivity contribution in [1.29, 1.82) is 0 Å². The van der Waals surface area contributed by atoms with Gasteiger partial charge in [0.25, 0.3) is 10.0 Å². The van der Waals surface area contributed by atoms with E-state index in [4.69, 9.17) is 11.6 Å². The molecule has 1 aliphatic rings. The van der Waals surface area contributed by atoms with Crippen molar-refractivity contribution in [3.63, 3.8) is 0 Å². The third-order valence-electron chi connectivity index (χ3n) is 5.76. The SMILES string of the molecule is O=C(C1CCCCN1S(=O)(=O)c1cccs1)N(CCn1cccn1)c1nc2c(Cl)cccc2s1. The van der Waals surface area contributed by atoms with Crippen molar-refractivity contribution in [3.05, 3.63) is 59.2 Å². The number of fused-ring (bicyclic) bond motifs is 1. The predicted octanol–water partition coefficient (Wildman–Crippen LogP) is 4.48. The highest BCUT2D eigenvalue weighted by molar-refractivity contribution is 7.91. The standard InChI is InChI=1S/C22H22ClN5O3S3/c23-16-6-3-8-18-20(16)25-22(33-18)27(14-13-26-11-5-10-24-26)21(29)17-7-1-2-12-28(17)34(30,31)19-9-4-15-32-19/h3-6,8-11,15,17H,1-2,7,12-14H2. The summed E-state index contributed by atoms with van der Waals surface area (Å²) in [7, 11) is -3.77. The van der Waals surface area contributed by atoms with Crippen LogP contribution in [0.4, 0.5) is 5.13 Å². The lowest BCUT2D eigenvalue weighted by Gasteiger charge is -2.35. The van der Waals surface area contributed by atoms with E-state index in [0.717, 1.165) is 28.9 Å². The number of thiazole rings is 1. The number of carbonyl (C=O) groups is 1. The second-order valence-electron chi connectivity index (χ2n) is 7.90. The van der Waals surface area contributed by atoms with E-state index < -0.39 is 16.1 Å². The molecule has 1 amide bonds. The van der Waals surface area contributed by atoms with E-state index in [9.17, 15) is 13.2 Å². The fourth-order valence-corrected chi connectivity index (χ4v) is 8.17. The van der Waals surface area contributed by atoms with Crippen LogP contribution >= 0.6 is 34.3 Å². The van der Waals surface area contributed by atoms with Crippen LogP contribution in [0.25, 0.3) is 10.2 Å². The Morgan fingerprint density at radius 1 is 1.21 bits per heavy atom. The second-order valence-corrected chi connectivity index (χ2v) is 12.4. The van der Waals surface area contributed by atoms with Crippen molar-refractivity contribution in [2.45, 2.75) is 36.1 Å². The molecule has 1 aromatic carbocycles. The molecular weight excluding hydrogens is 514 g/mol. The number of rotatable bonds is 7. The largest absolute Gasteiger partial charge is 0.285 e. The Balaban J connectivity index is 1.51. The van der Waals surface area contributed by atoms with Crippen LogP contribution in [0, 0.1) is 0 Å². The number of thiophene rings is 1. The number of sulfonamides is 1. The van der Waals surface area contributed by atoms with Gasteiger partial charge in [0.15, 0.2) is 5.13 Å². The summed E-state index contributed by atoms with van der Waals surface area (Å²) in [6, 6.07) is 9.84. The van der Waals surface area contributed by atoms with Crippen molar-refractivity contribution < 1.29 is 13.2 Å². The number of para-hydroxylation sites is 1. The first-order valence-corrected chi connectivity index (χ1v) is 14.4. The molecule has 0 aliphatic carbocycles. The molecule has 1 fully saturated rings. The van der Waals surface area contributed by atoms with Gasteiger partial charge in [0, 0.05) is 25.5 Å². The van der Waals surface area contributed by atoms with Gasteiger partial charge >= 0.3 is 0 Å². The number of aromatic nitrogens is 3. The number of carbonyl (C=O) groups excluding carboxylic acids is 1. The summed E-state index contributed by atoms with van der Waals surface area (Å²) in [5.41, 5.74) is 0.632. The van der Waals surface area contributed by atoms with Gasteiger partial charge in [0.1, 0.15) is 15.8 Å². The lowest BCUT2D eigenvalue weighted by atomic mass is 10.0. The van der Waals surface area contributed by atoms with Crippen molar-refractivity contribution in [2.75, 3.05) is 18.0 Å². The minimum atomic E-state index is -3.77. The van der Waals surface area contributed by atoms with E-state index in [1.54, 1.807) is 39.4 Å². The summed E-state index contributed by atoms with van der Waals surface area (Å²) in [6.45, 7) is 1.07. The Hall–Kier alpha value is -2.31. The van der Waals surface area contributed by atoms with E-state index in [2.05, 4.69) is 10.1 Å². The third-order valence-corrected chi connectivity index (χ3v) is 10.4. The maximum absolute atomic E-state index is 14.0. The molecule has 4 heterocycles. The van der Waals surface area contributed by atoms with Crippen LogP contribution < -0.4 is 4.90 Å². The van der Waals surface area contributed by atoms with Gasteiger partial charge in [-0.1, -0.05) is 41.5 Å². The topological polar surface area (TPSA) is 88.4 Å². The van der Waals surface area contributed by atoms with Crippen LogP contribution in [-0.4, -0.2) is 52.5 Å². The van der Waals surface area contributed by atoms with Crippen molar-refractivity contribution >= 4 is 65.6 Å². The Bertz CT molecular complexity index is 1390. The average molecular weight is 536 g/mol. The van der Waals surface area contributed by atoms with E-state index in [1.807, 2.05) is 24.4 Å². The van der Waals surface area contributed by atoms with Gasteiger partial charge < -0.3 is 0 Å². The first kappa shape index (κ1) is 23.4. The Labute approximate surface area is 210 Å². The molecule has 4 aromatic rings. The molecule has 1 saturated heterocycles. The van der Waals surface area contributed by atoms with Crippen molar-refractivity contribution in [1.82, 2.24) is 19.1 Å². The molecule has 178 valence electrons. The molecular formula is C22H22ClN5O3S3. The highest BCUT2D eigenvalue weighted by Crippen LogP contribution is 2.35. The molecule has 0 N–H and O–H groups in total. The highest BCUT2D eigenvalue weighted by atomic mass is 35.5. The maximum atomic E-state index is 14.0. The number of benzene rings is 1. The number of hydrogen-bond acceptors (Lipinski definition) is 7. The van der Waals surface area contributed by atoms with Crippen LogP contribution in [-0.2, 0) is 21.4 Å². The minimum absolute atomic E-state index is 0.252. The fraction of sp³-hybridized carbons (Fsp3) is 0.318. The van der Waals surface area contributed by atoms with E-state index in [1.165, 1.54) is 15.6 Å². The first-order valence-electron chi connectivity index (χ1n) is 10.8. The summed E-state index contributed by atoms with van der Waals surface area (Å²) in [5.74, 6) is -0.276. The molecule has 8 nitrogen and oxygen atoms in total. The number of nitrogens with zero attached hydrogens (tertiary/aromatic N) is 5. The van der Waals surface area contributed by atoms with Gasteiger partial charge in [0.2, 0.25) is 5.91 Å². The van der Waals surface area contributed by atoms with Gasteiger partial charge in [-0.15, -0.1) is 11.3 Å². The predicted molar refractivity (Wildman–Crippen MR) is 135 cm³/mol. The molecule has 1 unspecified atom stereocenters. The van der Waals surface area contributed by atoms with Crippen LogP contribution in [0.2, 0.25) is 5.02 Å². The van der Waals surface area contributed by atoms with E-state index in [-0.39, 0.29) is 10.1 Å². The lowest BCUT2D eigenvalue weighted by molar-refractivity contribution is -0.123. The molecule has 5 rings (SSSR count). The zero-order chi connectivity index (χ0) is 23.7. The average Bonchev–Trinajstić information content (AvgIpc) is 3.61. The number of halogens is 1. The van der Waals surface area contributed by atoms with Gasteiger partial charge in [-0.2, -0.15) is 9.40 Å². The minimum Gasteiger partial charge on any atom is -0.285 e. The smallest absolute Gasteiger partial charge is 0.253 e. The molecule has 0 radical (unpaired) electrons. The summed E-state index contributed by atoms with van der Waals surface area (Å²) < 4.78 is 31.0. The zero-order valence-electron chi connectivity index (χ0n) is 18.1. The molecule has 1 aliphatic heterocycles. The maximum Gasteiger partial charge on any atom is 0.253 e. The molecule has 1 atom stereocenters. The van der Waals surface area contributed by atoms with Crippen molar-refractivity contribution in [2.24, 2.45) is 0 Å². The van der Waals surface area contributed by atoms with Gasteiger partial charge in [-0.05, 0) is 42.5 Å². The zero-order valence-corrected chi connectivity index (χ0v) is 21.3. The van der Waals surface area contributed by atoms with Gasteiger partial charge in [0.05, 0.1) is 16.3 Å². The monoisotopic (exact) mass is 535 g/mol. The van der Waals surface area contributed by atoms with Crippen LogP contribution in [0.5, 0.6) is 0 Å². The number of anilines is 1. The highest BCUT2D eigenvalue weighted by Gasteiger charge is 2.40.